The van der Waals surface area contributed by atoms with E-state index in [2.05, 4.69) is 81.5 Å². The summed E-state index contributed by atoms with van der Waals surface area (Å²) in [7, 11) is 0. The number of ether oxygens (including phenoxy) is 3. The number of hydrogen-bond donors (Lipinski definition) is 0. The topological polar surface area (TPSA) is 78.9 Å². The monoisotopic (exact) mass is 881 g/mol. The highest BCUT2D eigenvalue weighted by molar-refractivity contribution is 5.71. The lowest BCUT2D eigenvalue weighted by molar-refractivity contribution is -0.167. The van der Waals surface area contributed by atoms with Crippen LogP contribution in [0.1, 0.15) is 265 Å². The SMILES string of the molecule is CC/C=C/C/C=C/C/C=C/C/C=C/C/C=C/CCCCCC(=O)OC[C@@H](COC(=O)CCCCCCCCCCCCCCC)OC(=O)CCCCCCCCCCCCCCC. The lowest BCUT2D eigenvalue weighted by atomic mass is 10.0. The van der Waals surface area contributed by atoms with Crippen molar-refractivity contribution < 1.29 is 28.6 Å². The first-order chi connectivity index (χ1) is 31.0. The van der Waals surface area contributed by atoms with E-state index in [4.69, 9.17) is 14.2 Å². The molecule has 0 aliphatic rings. The number of unbranched alkanes of at least 4 members (excludes halogenated alkanes) is 27. The average Bonchev–Trinajstić information content (AvgIpc) is 3.28. The first kappa shape index (κ1) is 60.1. The Kier molecular flexibility index (Phi) is 49.4. The van der Waals surface area contributed by atoms with Crippen molar-refractivity contribution in [3.63, 3.8) is 0 Å². The minimum Gasteiger partial charge on any atom is -0.462 e. The normalized spacial score (nSPS) is 12.5. The summed E-state index contributed by atoms with van der Waals surface area (Å²) in [5, 5.41) is 0. The summed E-state index contributed by atoms with van der Waals surface area (Å²) < 4.78 is 16.8. The first-order valence-corrected chi connectivity index (χ1v) is 26.8. The van der Waals surface area contributed by atoms with Crippen molar-refractivity contribution >= 4 is 17.9 Å². The maximum absolute atomic E-state index is 12.8. The largest absolute Gasteiger partial charge is 0.462 e. The zero-order valence-electron chi connectivity index (χ0n) is 41.6. The average molecular weight is 881 g/mol. The summed E-state index contributed by atoms with van der Waals surface area (Å²) in [6, 6.07) is 0. The van der Waals surface area contributed by atoms with Crippen molar-refractivity contribution in [3.05, 3.63) is 60.8 Å². The van der Waals surface area contributed by atoms with Gasteiger partial charge in [-0.25, -0.2) is 0 Å². The van der Waals surface area contributed by atoms with E-state index in [9.17, 15) is 14.4 Å². The van der Waals surface area contributed by atoms with Crippen molar-refractivity contribution in [1.82, 2.24) is 0 Å². The van der Waals surface area contributed by atoms with Crippen LogP contribution in [0.5, 0.6) is 0 Å². The van der Waals surface area contributed by atoms with Crippen molar-refractivity contribution in [2.75, 3.05) is 13.2 Å². The summed E-state index contributed by atoms with van der Waals surface area (Å²) in [5.41, 5.74) is 0. The molecule has 364 valence electrons. The van der Waals surface area contributed by atoms with E-state index < -0.39 is 6.10 Å². The molecule has 1 atom stereocenters. The molecule has 0 amide bonds. The number of allylic oxidation sites excluding steroid dienone is 10. The predicted octanol–water partition coefficient (Wildman–Crippen LogP) is 17.6. The molecule has 0 radical (unpaired) electrons. The van der Waals surface area contributed by atoms with Gasteiger partial charge in [0.15, 0.2) is 6.10 Å². The quantitative estimate of drug-likeness (QED) is 0.0262. The van der Waals surface area contributed by atoms with Gasteiger partial charge in [-0.3, -0.25) is 14.4 Å². The number of carbonyl (C=O) groups excluding carboxylic acids is 3. The van der Waals surface area contributed by atoms with Crippen LogP contribution in [0.3, 0.4) is 0 Å². The lowest BCUT2D eigenvalue weighted by Gasteiger charge is -2.18. The molecule has 0 heterocycles. The number of esters is 3. The van der Waals surface area contributed by atoms with Crippen molar-refractivity contribution in [2.45, 2.75) is 271 Å². The standard InChI is InChI=1S/C57H100O6/c1-4-7-10-13-16-19-22-25-26-27-28-29-30-33-35-38-41-44-47-50-56(59)62-53-54(63-57(60)51-48-45-42-39-36-32-24-21-18-15-12-9-6-3)52-61-55(58)49-46-43-40-37-34-31-23-20-17-14-11-8-5-2/h7,10,16,19,25-26,28-29,33,35,54H,4-6,8-9,11-15,17-18,20-24,27,30-32,34,36-53H2,1-3H3/b10-7+,19-16+,26-25+,29-28+,35-33+/t54-/m1/s1. The molecule has 0 aromatic heterocycles. The van der Waals surface area contributed by atoms with Crippen LogP contribution in [0.15, 0.2) is 60.8 Å². The highest BCUT2D eigenvalue weighted by Gasteiger charge is 2.19. The first-order valence-electron chi connectivity index (χ1n) is 26.8. The van der Waals surface area contributed by atoms with Gasteiger partial charge in [0.2, 0.25) is 0 Å². The van der Waals surface area contributed by atoms with E-state index in [1.165, 1.54) is 128 Å². The molecule has 0 rings (SSSR count). The van der Waals surface area contributed by atoms with Crippen LogP contribution >= 0.6 is 0 Å². The fourth-order valence-corrected chi connectivity index (χ4v) is 7.53. The molecule has 0 aromatic carbocycles. The summed E-state index contributed by atoms with van der Waals surface area (Å²) >= 11 is 0. The van der Waals surface area contributed by atoms with Crippen LogP contribution in [0.25, 0.3) is 0 Å². The van der Waals surface area contributed by atoms with E-state index >= 15 is 0 Å². The molecule has 6 nitrogen and oxygen atoms in total. The second-order valence-electron chi connectivity index (χ2n) is 17.8. The van der Waals surface area contributed by atoms with Crippen LogP contribution in [0.2, 0.25) is 0 Å². The third kappa shape index (κ3) is 50.0. The Labute approximate surface area is 390 Å². The summed E-state index contributed by atoms with van der Waals surface area (Å²) in [4.78, 5) is 38.0. The van der Waals surface area contributed by atoms with Crippen LogP contribution in [0.4, 0.5) is 0 Å². The zero-order valence-corrected chi connectivity index (χ0v) is 41.6. The van der Waals surface area contributed by atoms with Crippen molar-refractivity contribution in [2.24, 2.45) is 0 Å². The van der Waals surface area contributed by atoms with E-state index in [1.54, 1.807) is 0 Å². The minimum absolute atomic E-state index is 0.0812. The molecule has 63 heavy (non-hydrogen) atoms. The van der Waals surface area contributed by atoms with Gasteiger partial charge in [-0.05, 0) is 64.2 Å². The molecule has 6 heteroatoms. The van der Waals surface area contributed by atoms with Gasteiger partial charge in [-0.1, -0.05) is 242 Å². The van der Waals surface area contributed by atoms with Crippen LogP contribution in [-0.2, 0) is 28.6 Å². The van der Waals surface area contributed by atoms with E-state index in [0.717, 1.165) is 96.3 Å². The maximum atomic E-state index is 12.8. The lowest BCUT2D eigenvalue weighted by Crippen LogP contribution is -2.30. The molecule has 0 unspecified atom stereocenters. The summed E-state index contributed by atoms with van der Waals surface area (Å²) in [6.45, 7) is 6.51. The molecular weight excluding hydrogens is 781 g/mol. The molecule has 0 spiro atoms. The van der Waals surface area contributed by atoms with Gasteiger partial charge in [0.25, 0.3) is 0 Å². The van der Waals surface area contributed by atoms with Crippen LogP contribution in [-0.4, -0.2) is 37.2 Å². The molecule has 0 saturated carbocycles. The number of carbonyl (C=O) groups is 3. The fraction of sp³-hybridized carbons (Fsp3) is 0.772. The predicted molar refractivity (Wildman–Crippen MR) is 270 cm³/mol. The third-order valence-electron chi connectivity index (χ3n) is 11.5. The van der Waals surface area contributed by atoms with Gasteiger partial charge in [-0.2, -0.15) is 0 Å². The summed E-state index contributed by atoms with van der Waals surface area (Å²) in [6.07, 6.45) is 63.4. The highest BCUT2D eigenvalue weighted by Crippen LogP contribution is 2.16. The van der Waals surface area contributed by atoms with Crippen molar-refractivity contribution in [3.8, 4) is 0 Å². The Hall–Kier alpha value is -2.89. The van der Waals surface area contributed by atoms with Gasteiger partial charge >= 0.3 is 17.9 Å². The molecule has 0 N–H and O–H groups in total. The molecule has 0 fully saturated rings. The van der Waals surface area contributed by atoms with Crippen molar-refractivity contribution in [1.29, 1.82) is 0 Å². The number of hydrogen-bond acceptors (Lipinski definition) is 6. The zero-order chi connectivity index (χ0) is 45.8. The molecule has 0 aliphatic carbocycles. The Bertz CT molecular complexity index is 1150. The second-order valence-corrected chi connectivity index (χ2v) is 17.8. The van der Waals surface area contributed by atoms with E-state index in [-0.39, 0.29) is 31.1 Å². The summed E-state index contributed by atoms with van der Waals surface area (Å²) in [5.74, 6) is -0.906. The van der Waals surface area contributed by atoms with E-state index in [0.29, 0.717) is 19.3 Å². The molecule has 0 aromatic rings. The van der Waals surface area contributed by atoms with Gasteiger partial charge in [0.05, 0.1) is 0 Å². The molecule has 0 aliphatic heterocycles. The Balaban J connectivity index is 4.40. The third-order valence-corrected chi connectivity index (χ3v) is 11.5. The molecule has 0 bridgehead atoms. The smallest absolute Gasteiger partial charge is 0.306 e. The minimum atomic E-state index is -0.783. The number of rotatable bonds is 48. The Morgan fingerprint density at radius 1 is 0.333 bits per heavy atom. The Morgan fingerprint density at radius 3 is 0.968 bits per heavy atom. The maximum Gasteiger partial charge on any atom is 0.306 e. The Morgan fingerprint density at radius 2 is 0.619 bits per heavy atom. The van der Waals surface area contributed by atoms with E-state index in [1.807, 2.05) is 0 Å². The van der Waals surface area contributed by atoms with Crippen LogP contribution in [0, 0.1) is 0 Å². The molecule has 0 saturated heterocycles. The van der Waals surface area contributed by atoms with Gasteiger partial charge < -0.3 is 14.2 Å². The second kappa shape index (κ2) is 51.7. The van der Waals surface area contributed by atoms with Gasteiger partial charge in [0, 0.05) is 19.3 Å². The van der Waals surface area contributed by atoms with Gasteiger partial charge in [-0.15, -0.1) is 0 Å². The highest BCUT2D eigenvalue weighted by atomic mass is 16.6. The molecular formula is C57H100O6. The fourth-order valence-electron chi connectivity index (χ4n) is 7.53. The van der Waals surface area contributed by atoms with Gasteiger partial charge in [0.1, 0.15) is 13.2 Å². The van der Waals surface area contributed by atoms with Crippen LogP contribution < -0.4 is 0 Å².